The summed E-state index contributed by atoms with van der Waals surface area (Å²) in [6.45, 7) is 0. The van der Waals surface area contributed by atoms with E-state index in [2.05, 4.69) is 46.7 Å². The minimum absolute atomic E-state index is 0.118. The van der Waals surface area contributed by atoms with Crippen LogP contribution in [0.5, 0.6) is 0 Å². The van der Waals surface area contributed by atoms with Gasteiger partial charge in [-0.1, -0.05) is 42.5 Å². The van der Waals surface area contributed by atoms with Gasteiger partial charge in [0.2, 0.25) is 0 Å². The quantitative estimate of drug-likeness (QED) is 0.748. The molecule has 2 unspecified atom stereocenters. The first-order valence-electron chi connectivity index (χ1n) is 7.27. The van der Waals surface area contributed by atoms with Gasteiger partial charge in [-0.3, -0.25) is 4.98 Å². The number of hydrogen-bond acceptors (Lipinski definition) is 3. The van der Waals surface area contributed by atoms with E-state index in [0.29, 0.717) is 0 Å². The lowest BCUT2D eigenvalue weighted by atomic mass is 10.1. The molecule has 2 atom stereocenters. The molecule has 1 aliphatic carbocycles. The van der Waals surface area contributed by atoms with Crippen LogP contribution in [-0.2, 0) is 0 Å². The summed E-state index contributed by atoms with van der Waals surface area (Å²) in [7, 11) is 0. The smallest absolute Gasteiger partial charge is 0.0703 e. The number of nitrogens with zero attached hydrogens (tertiary/aromatic N) is 1. The molecule has 0 saturated heterocycles. The summed E-state index contributed by atoms with van der Waals surface area (Å²) in [5, 5.41) is 4.73. The Kier molecular flexibility index (Phi) is 2.86. The highest BCUT2D eigenvalue weighted by Crippen LogP contribution is 2.39. The van der Waals surface area contributed by atoms with E-state index in [0.717, 1.165) is 23.0 Å². The number of nitrogens with one attached hydrogen (secondary N) is 1. The lowest BCUT2D eigenvalue weighted by Crippen LogP contribution is -2.10. The predicted octanol–water partition coefficient (Wildman–Crippen LogP) is 3.79. The average Bonchev–Trinajstić information content (AvgIpc) is 2.84. The van der Waals surface area contributed by atoms with Crippen molar-refractivity contribution in [2.75, 3.05) is 5.32 Å². The molecule has 3 N–H and O–H groups in total. The van der Waals surface area contributed by atoms with E-state index in [4.69, 9.17) is 5.73 Å². The van der Waals surface area contributed by atoms with Crippen molar-refractivity contribution in [3.63, 3.8) is 0 Å². The summed E-state index contributed by atoms with van der Waals surface area (Å²) in [5.74, 6) is 0. The lowest BCUT2D eigenvalue weighted by molar-refractivity contribution is 0.648. The fourth-order valence-electron chi connectivity index (χ4n) is 3.16. The monoisotopic (exact) mass is 275 g/mol. The summed E-state index contributed by atoms with van der Waals surface area (Å²) in [6, 6.07) is 19.1. The van der Waals surface area contributed by atoms with Crippen LogP contribution in [0.4, 0.5) is 5.69 Å². The maximum Gasteiger partial charge on any atom is 0.0703 e. The molecule has 3 aromatic rings. The Bertz CT molecular complexity index is 797. The maximum atomic E-state index is 6.23. The van der Waals surface area contributed by atoms with Gasteiger partial charge >= 0.3 is 0 Å². The molecule has 2 aromatic carbocycles. The molecule has 0 amide bonds. The first-order valence-corrected chi connectivity index (χ1v) is 7.27. The Morgan fingerprint density at radius 3 is 2.67 bits per heavy atom. The molecule has 0 bridgehead atoms. The first-order chi connectivity index (χ1) is 10.3. The number of anilines is 1. The Balaban J connectivity index is 1.66. The van der Waals surface area contributed by atoms with Crippen molar-refractivity contribution in [2.45, 2.75) is 18.5 Å². The minimum atomic E-state index is 0.118. The second-order valence-electron chi connectivity index (χ2n) is 5.58. The summed E-state index contributed by atoms with van der Waals surface area (Å²) in [4.78, 5) is 4.50. The van der Waals surface area contributed by atoms with E-state index >= 15 is 0 Å². The van der Waals surface area contributed by atoms with E-state index in [1.54, 1.807) is 0 Å². The summed E-state index contributed by atoms with van der Waals surface area (Å²) in [5.41, 5.74) is 10.8. The highest BCUT2D eigenvalue weighted by Gasteiger charge is 2.27. The molecule has 4 rings (SSSR count). The molecule has 104 valence electrons. The van der Waals surface area contributed by atoms with Crippen LogP contribution in [0.3, 0.4) is 0 Å². The summed E-state index contributed by atoms with van der Waals surface area (Å²) >= 11 is 0. The number of rotatable bonds is 2. The van der Waals surface area contributed by atoms with Crippen molar-refractivity contribution in [1.29, 1.82) is 0 Å². The number of aromatic nitrogens is 1. The van der Waals surface area contributed by atoms with Crippen molar-refractivity contribution in [3.8, 4) is 0 Å². The Labute approximate surface area is 123 Å². The van der Waals surface area contributed by atoms with E-state index in [9.17, 15) is 0 Å². The molecule has 0 spiro atoms. The number of hydrogen-bond donors (Lipinski definition) is 2. The number of nitrogens with two attached hydrogens (primary N) is 1. The predicted molar refractivity (Wildman–Crippen MR) is 86.1 cm³/mol. The third-order valence-corrected chi connectivity index (χ3v) is 4.19. The molecule has 3 nitrogen and oxygen atoms in total. The lowest BCUT2D eigenvalue weighted by Gasteiger charge is -2.15. The average molecular weight is 275 g/mol. The van der Waals surface area contributed by atoms with Gasteiger partial charge in [-0.05, 0) is 29.7 Å². The largest absolute Gasteiger partial charge is 0.377 e. The molecule has 1 heterocycles. The highest BCUT2D eigenvalue weighted by molar-refractivity contribution is 5.81. The van der Waals surface area contributed by atoms with Crippen LogP contribution in [0.1, 0.15) is 29.6 Å². The van der Waals surface area contributed by atoms with E-state index in [1.165, 1.54) is 11.1 Å². The zero-order valence-electron chi connectivity index (χ0n) is 11.7. The van der Waals surface area contributed by atoms with Gasteiger partial charge in [-0.25, -0.2) is 0 Å². The zero-order chi connectivity index (χ0) is 14.2. The van der Waals surface area contributed by atoms with Gasteiger partial charge in [-0.2, -0.15) is 0 Å². The summed E-state index contributed by atoms with van der Waals surface area (Å²) in [6.07, 6.45) is 2.82. The van der Waals surface area contributed by atoms with Crippen molar-refractivity contribution in [3.05, 3.63) is 71.9 Å². The Hall–Kier alpha value is -2.39. The van der Waals surface area contributed by atoms with Crippen LogP contribution in [0.2, 0.25) is 0 Å². The fraction of sp³-hybridized carbons (Fsp3) is 0.167. The first kappa shape index (κ1) is 12.4. The Morgan fingerprint density at radius 1 is 1.00 bits per heavy atom. The third-order valence-electron chi connectivity index (χ3n) is 4.19. The molecule has 0 radical (unpaired) electrons. The third kappa shape index (κ3) is 2.16. The van der Waals surface area contributed by atoms with Crippen molar-refractivity contribution in [2.24, 2.45) is 5.73 Å². The van der Waals surface area contributed by atoms with E-state index < -0.39 is 0 Å². The van der Waals surface area contributed by atoms with Gasteiger partial charge in [0.05, 0.1) is 23.4 Å². The molecule has 0 fully saturated rings. The highest BCUT2D eigenvalue weighted by atomic mass is 15.0. The molecule has 21 heavy (non-hydrogen) atoms. The van der Waals surface area contributed by atoms with Gasteiger partial charge < -0.3 is 11.1 Å². The maximum absolute atomic E-state index is 6.23. The molecule has 0 saturated carbocycles. The normalized spacial score (nSPS) is 20.4. The van der Waals surface area contributed by atoms with Crippen molar-refractivity contribution in [1.82, 2.24) is 4.98 Å². The van der Waals surface area contributed by atoms with Crippen molar-refractivity contribution >= 4 is 16.6 Å². The van der Waals surface area contributed by atoms with Gasteiger partial charge in [-0.15, -0.1) is 0 Å². The number of benzene rings is 2. The number of pyridine rings is 1. The van der Waals surface area contributed by atoms with Crippen LogP contribution in [0.15, 0.2) is 60.8 Å². The molecule has 1 aromatic heterocycles. The van der Waals surface area contributed by atoms with E-state index in [-0.39, 0.29) is 12.1 Å². The fourth-order valence-corrected chi connectivity index (χ4v) is 3.16. The van der Waals surface area contributed by atoms with Gasteiger partial charge in [0.25, 0.3) is 0 Å². The minimum Gasteiger partial charge on any atom is -0.377 e. The van der Waals surface area contributed by atoms with Crippen LogP contribution in [-0.4, -0.2) is 4.98 Å². The van der Waals surface area contributed by atoms with Crippen LogP contribution >= 0.6 is 0 Å². The van der Waals surface area contributed by atoms with Gasteiger partial charge in [0, 0.05) is 11.4 Å². The summed E-state index contributed by atoms with van der Waals surface area (Å²) < 4.78 is 0. The number of fused-ring (bicyclic) bond motifs is 2. The van der Waals surface area contributed by atoms with Gasteiger partial charge in [0.1, 0.15) is 0 Å². The molecular formula is C18H17N3. The number of para-hydroxylation sites is 1. The van der Waals surface area contributed by atoms with Crippen LogP contribution in [0, 0.1) is 0 Å². The second-order valence-corrected chi connectivity index (χ2v) is 5.58. The second kappa shape index (κ2) is 4.86. The molecular weight excluding hydrogens is 258 g/mol. The molecule has 0 aliphatic heterocycles. The molecule has 1 aliphatic rings. The van der Waals surface area contributed by atoms with Crippen LogP contribution in [0.25, 0.3) is 10.9 Å². The van der Waals surface area contributed by atoms with Gasteiger partial charge in [0.15, 0.2) is 0 Å². The molecule has 3 heteroatoms. The standard InChI is InChI=1S/C18H17N3/c19-16-10-18(15-7-3-2-6-14(15)16)21-13-9-12-5-1-4-8-17(12)20-11-13/h1-9,11,16,18,21H,10,19H2. The SMILES string of the molecule is NC1CC(Nc2cnc3ccccc3c2)c2ccccc21. The van der Waals surface area contributed by atoms with E-state index in [1.807, 2.05) is 24.4 Å². The Morgan fingerprint density at radius 2 is 1.76 bits per heavy atom. The topological polar surface area (TPSA) is 50.9 Å². The van der Waals surface area contributed by atoms with Crippen molar-refractivity contribution < 1.29 is 0 Å². The van der Waals surface area contributed by atoms with Crippen LogP contribution < -0.4 is 11.1 Å². The zero-order valence-corrected chi connectivity index (χ0v) is 11.7.